The van der Waals surface area contributed by atoms with Crippen molar-refractivity contribution in [1.29, 1.82) is 0 Å². The molecular weight excluding hydrogens is 371 g/mol. The van der Waals surface area contributed by atoms with E-state index in [4.69, 9.17) is 0 Å². The molecule has 0 unspecified atom stereocenters. The van der Waals surface area contributed by atoms with Gasteiger partial charge < -0.3 is 15.1 Å². The SMILES string of the molecule is O=C(c1cnc(NCc2ccc(F)cc2)cn1)N1CCN(c2ccccn2)CC1. The maximum Gasteiger partial charge on any atom is 0.274 e. The Morgan fingerprint density at radius 2 is 1.76 bits per heavy atom. The molecule has 1 amide bonds. The van der Waals surface area contributed by atoms with Crippen molar-refractivity contribution >= 4 is 17.5 Å². The van der Waals surface area contributed by atoms with Crippen molar-refractivity contribution in [1.82, 2.24) is 19.9 Å². The van der Waals surface area contributed by atoms with Gasteiger partial charge >= 0.3 is 0 Å². The number of hydrogen-bond acceptors (Lipinski definition) is 6. The van der Waals surface area contributed by atoms with Gasteiger partial charge in [0.2, 0.25) is 0 Å². The molecule has 0 bridgehead atoms. The fourth-order valence-corrected chi connectivity index (χ4v) is 3.17. The van der Waals surface area contributed by atoms with Gasteiger partial charge in [-0.2, -0.15) is 0 Å². The molecule has 0 radical (unpaired) electrons. The Hall–Kier alpha value is -3.55. The molecule has 2 aromatic heterocycles. The number of nitrogens with one attached hydrogen (secondary N) is 1. The van der Waals surface area contributed by atoms with Crippen LogP contribution >= 0.6 is 0 Å². The maximum atomic E-state index is 12.9. The molecule has 3 heterocycles. The lowest BCUT2D eigenvalue weighted by Gasteiger charge is -2.35. The van der Waals surface area contributed by atoms with E-state index < -0.39 is 0 Å². The number of amides is 1. The highest BCUT2D eigenvalue weighted by Crippen LogP contribution is 2.14. The number of aromatic nitrogens is 3. The van der Waals surface area contributed by atoms with Crippen LogP contribution in [0.3, 0.4) is 0 Å². The van der Waals surface area contributed by atoms with E-state index in [1.165, 1.54) is 18.3 Å². The number of piperazine rings is 1. The van der Waals surface area contributed by atoms with Crippen LogP contribution in [0.15, 0.2) is 61.1 Å². The van der Waals surface area contributed by atoms with Gasteiger partial charge in [0, 0.05) is 38.9 Å². The van der Waals surface area contributed by atoms with Crippen LogP contribution in [0.4, 0.5) is 16.0 Å². The topological polar surface area (TPSA) is 74.2 Å². The first kappa shape index (κ1) is 18.8. The smallest absolute Gasteiger partial charge is 0.274 e. The van der Waals surface area contributed by atoms with Crippen molar-refractivity contribution in [2.75, 3.05) is 36.4 Å². The van der Waals surface area contributed by atoms with E-state index in [-0.39, 0.29) is 11.7 Å². The van der Waals surface area contributed by atoms with Crippen LogP contribution in [-0.4, -0.2) is 51.9 Å². The van der Waals surface area contributed by atoms with Gasteiger partial charge in [-0.05, 0) is 29.8 Å². The molecule has 1 N–H and O–H groups in total. The van der Waals surface area contributed by atoms with Crippen LogP contribution in [0.25, 0.3) is 0 Å². The molecule has 3 aromatic rings. The predicted octanol–water partition coefficient (Wildman–Crippen LogP) is 2.59. The lowest BCUT2D eigenvalue weighted by atomic mass is 10.2. The number of anilines is 2. The number of benzene rings is 1. The lowest BCUT2D eigenvalue weighted by molar-refractivity contribution is 0.0740. The third kappa shape index (κ3) is 4.66. The van der Waals surface area contributed by atoms with E-state index in [1.54, 1.807) is 29.4 Å². The predicted molar refractivity (Wildman–Crippen MR) is 108 cm³/mol. The van der Waals surface area contributed by atoms with E-state index >= 15 is 0 Å². The molecule has 4 rings (SSSR count). The van der Waals surface area contributed by atoms with Gasteiger partial charge in [-0.3, -0.25) is 4.79 Å². The van der Waals surface area contributed by atoms with Crippen molar-refractivity contribution in [2.45, 2.75) is 6.54 Å². The first-order chi connectivity index (χ1) is 14.2. The molecular formula is C21H21FN6O. The summed E-state index contributed by atoms with van der Waals surface area (Å²) in [7, 11) is 0. The fraction of sp³-hybridized carbons (Fsp3) is 0.238. The van der Waals surface area contributed by atoms with Crippen molar-refractivity contribution in [2.24, 2.45) is 0 Å². The number of pyridine rings is 1. The number of nitrogens with zero attached hydrogens (tertiary/aromatic N) is 5. The second kappa shape index (κ2) is 8.64. The molecule has 1 aliphatic rings. The second-order valence-corrected chi connectivity index (χ2v) is 6.73. The summed E-state index contributed by atoms with van der Waals surface area (Å²) >= 11 is 0. The third-order valence-electron chi connectivity index (χ3n) is 4.80. The van der Waals surface area contributed by atoms with Gasteiger partial charge in [-0.25, -0.2) is 19.3 Å². The Balaban J connectivity index is 1.31. The molecule has 29 heavy (non-hydrogen) atoms. The Morgan fingerprint density at radius 3 is 2.41 bits per heavy atom. The number of carbonyl (C=O) groups is 1. The van der Waals surface area contributed by atoms with Crippen LogP contribution in [0.1, 0.15) is 16.1 Å². The Bertz CT molecular complexity index is 941. The average Bonchev–Trinajstić information content (AvgIpc) is 2.79. The highest BCUT2D eigenvalue weighted by atomic mass is 19.1. The van der Waals surface area contributed by atoms with Crippen LogP contribution in [0, 0.1) is 5.82 Å². The van der Waals surface area contributed by atoms with Gasteiger partial charge in [0.1, 0.15) is 23.1 Å². The van der Waals surface area contributed by atoms with Crippen molar-refractivity contribution < 1.29 is 9.18 Å². The summed E-state index contributed by atoms with van der Waals surface area (Å²) in [6.45, 7) is 3.18. The van der Waals surface area contributed by atoms with Gasteiger partial charge in [-0.15, -0.1) is 0 Å². The minimum absolute atomic E-state index is 0.122. The molecule has 0 aliphatic carbocycles. The highest BCUT2D eigenvalue weighted by molar-refractivity contribution is 5.92. The fourth-order valence-electron chi connectivity index (χ4n) is 3.17. The number of carbonyl (C=O) groups excluding carboxylic acids is 1. The number of hydrogen-bond donors (Lipinski definition) is 1. The quantitative estimate of drug-likeness (QED) is 0.720. The van der Waals surface area contributed by atoms with Crippen LogP contribution < -0.4 is 10.2 Å². The molecule has 1 aromatic carbocycles. The molecule has 0 atom stereocenters. The molecule has 7 nitrogen and oxygen atoms in total. The lowest BCUT2D eigenvalue weighted by Crippen LogP contribution is -2.49. The van der Waals surface area contributed by atoms with E-state index in [0.29, 0.717) is 31.1 Å². The average molecular weight is 392 g/mol. The summed E-state index contributed by atoms with van der Waals surface area (Å²) in [6, 6.07) is 12.1. The minimum Gasteiger partial charge on any atom is -0.365 e. The zero-order chi connectivity index (χ0) is 20.1. The van der Waals surface area contributed by atoms with E-state index in [2.05, 4.69) is 25.2 Å². The van der Waals surface area contributed by atoms with Gasteiger partial charge in [0.05, 0.1) is 12.4 Å². The Morgan fingerprint density at radius 1 is 0.966 bits per heavy atom. The normalized spacial score (nSPS) is 14.0. The second-order valence-electron chi connectivity index (χ2n) is 6.73. The van der Waals surface area contributed by atoms with Crippen LogP contribution in [0.2, 0.25) is 0 Å². The minimum atomic E-state index is -0.266. The van der Waals surface area contributed by atoms with Gasteiger partial charge in [0.25, 0.3) is 5.91 Å². The molecule has 1 aliphatic heterocycles. The maximum absolute atomic E-state index is 12.9. The monoisotopic (exact) mass is 392 g/mol. The summed E-state index contributed by atoms with van der Waals surface area (Å²) in [6.07, 6.45) is 4.80. The number of halogens is 1. The molecule has 1 saturated heterocycles. The summed E-state index contributed by atoms with van der Waals surface area (Å²) in [5.74, 6) is 1.10. The van der Waals surface area contributed by atoms with Crippen LogP contribution in [0.5, 0.6) is 0 Å². The highest BCUT2D eigenvalue weighted by Gasteiger charge is 2.23. The van der Waals surface area contributed by atoms with E-state index in [1.807, 2.05) is 18.2 Å². The van der Waals surface area contributed by atoms with Crippen molar-refractivity contribution in [3.05, 3.63) is 78.1 Å². The first-order valence-electron chi connectivity index (χ1n) is 9.45. The first-order valence-corrected chi connectivity index (χ1v) is 9.45. The van der Waals surface area contributed by atoms with Crippen molar-refractivity contribution in [3.8, 4) is 0 Å². The molecule has 0 spiro atoms. The summed E-state index contributed by atoms with van der Waals surface area (Å²) in [4.78, 5) is 29.5. The summed E-state index contributed by atoms with van der Waals surface area (Å²) < 4.78 is 12.9. The standard InChI is InChI=1S/C21H21FN6O/c22-17-6-4-16(5-7-17)13-25-19-15-24-18(14-26-19)21(29)28-11-9-27(10-12-28)20-3-1-2-8-23-20/h1-8,14-15H,9-13H2,(H,25,26). The van der Waals surface area contributed by atoms with Crippen molar-refractivity contribution in [3.63, 3.8) is 0 Å². The largest absolute Gasteiger partial charge is 0.365 e. The zero-order valence-electron chi connectivity index (χ0n) is 15.8. The third-order valence-corrected chi connectivity index (χ3v) is 4.80. The molecule has 1 fully saturated rings. The van der Waals surface area contributed by atoms with Gasteiger partial charge in [-0.1, -0.05) is 18.2 Å². The molecule has 148 valence electrons. The summed E-state index contributed by atoms with van der Waals surface area (Å²) in [5.41, 5.74) is 1.25. The van der Waals surface area contributed by atoms with E-state index in [0.717, 1.165) is 24.5 Å². The van der Waals surface area contributed by atoms with E-state index in [9.17, 15) is 9.18 Å². The van der Waals surface area contributed by atoms with Crippen LogP contribution in [-0.2, 0) is 6.54 Å². The Labute approximate surface area is 168 Å². The zero-order valence-corrected chi connectivity index (χ0v) is 15.8. The Kier molecular flexibility index (Phi) is 5.60. The van der Waals surface area contributed by atoms with Gasteiger partial charge in [0.15, 0.2) is 0 Å². The molecule has 0 saturated carbocycles. The molecule has 8 heteroatoms. The summed E-state index contributed by atoms with van der Waals surface area (Å²) in [5, 5.41) is 3.12. The number of rotatable bonds is 5.